The lowest BCUT2D eigenvalue weighted by Crippen LogP contribution is -2.39. The number of H-pyrrole nitrogens is 1. The Bertz CT molecular complexity index is 1180. The van der Waals surface area contributed by atoms with Crippen molar-refractivity contribution in [1.29, 1.82) is 5.26 Å². The molecule has 0 amide bonds. The van der Waals surface area contributed by atoms with Crippen molar-refractivity contribution in [3.63, 3.8) is 0 Å². The van der Waals surface area contributed by atoms with E-state index in [-0.39, 0.29) is 18.1 Å². The number of hydrogen-bond donors (Lipinski definition) is 2. The van der Waals surface area contributed by atoms with Crippen molar-refractivity contribution in [2.24, 2.45) is 0 Å². The van der Waals surface area contributed by atoms with Gasteiger partial charge in [-0.25, -0.2) is 4.79 Å². The van der Waals surface area contributed by atoms with Crippen LogP contribution in [0.1, 0.15) is 23.1 Å². The summed E-state index contributed by atoms with van der Waals surface area (Å²) in [6.07, 6.45) is 0.641. The van der Waals surface area contributed by atoms with Crippen LogP contribution in [0.2, 0.25) is 0 Å². The third-order valence-corrected chi connectivity index (χ3v) is 4.99. The number of nitrogens with zero attached hydrogens (tertiary/aromatic N) is 3. The van der Waals surface area contributed by atoms with Gasteiger partial charge in [0.1, 0.15) is 11.5 Å². The quantitative estimate of drug-likeness (QED) is 0.513. The van der Waals surface area contributed by atoms with Crippen molar-refractivity contribution in [2.45, 2.75) is 19.5 Å². The molecule has 0 aliphatic rings. The molecule has 0 radical (unpaired) electrons. The molecule has 0 spiro atoms. The number of hydrogen-bond acceptors (Lipinski definition) is 6. The molecule has 0 saturated carbocycles. The molecular formula is C23H25N5O3. The third kappa shape index (κ3) is 5.21. The summed E-state index contributed by atoms with van der Waals surface area (Å²) in [5.41, 5.74) is 7.62. The van der Waals surface area contributed by atoms with Gasteiger partial charge in [0.25, 0.3) is 5.56 Å². The molecule has 3 N–H and O–H groups in total. The highest BCUT2D eigenvalue weighted by Gasteiger charge is 2.20. The lowest BCUT2D eigenvalue weighted by molar-refractivity contribution is 0.196. The van der Waals surface area contributed by atoms with E-state index >= 15 is 0 Å². The number of methoxy groups -OCH3 is 1. The van der Waals surface area contributed by atoms with E-state index in [4.69, 9.17) is 10.5 Å². The number of benzene rings is 2. The summed E-state index contributed by atoms with van der Waals surface area (Å²) in [5.74, 6) is 0.0875. The normalized spacial score (nSPS) is 10.6. The molecule has 8 heteroatoms. The van der Waals surface area contributed by atoms with E-state index < -0.39 is 11.2 Å². The van der Waals surface area contributed by atoms with Crippen LogP contribution in [0, 0.1) is 11.3 Å². The second-order valence-corrected chi connectivity index (χ2v) is 7.10. The van der Waals surface area contributed by atoms with E-state index in [9.17, 15) is 14.9 Å². The summed E-state index contributed by atoms with van der Waals surface area (Å²) in [6, 6.07) is 18.8. The minimum atomic E-state index is -0.565. The van der Waals surface area contributed by atoms with Crippen LogP contribution in [0.5, 0.6) is 0 Å². The van der Waals surface area contributed by atoms with Gasteiger partial charge in [0.2, 0.25) is 0 Å². The minimum absolute atomic E-state index is 0.0875. The van der Waals surface area contributed by atoms with Gasteiger partial charge in [-0.1, -0.05) is 48.5 Å². The summed E-state index contributed by atoms with van der Waals surface area (Å²) < 4.78 is 6.51. The first-order valence-corrected chi connectivity index (χ1v) is 9.93. The molecule has 1 heterocycles. The molecule has 0 saturated heterocycles. The highest BCUT2D eigenvalue weighted by molar-refractivity contribution is 5.63. The van der Waals surface area contributed by atoms with E-state index in [1.807, 2.05) is 42.5 Å². The van der Waals surface area contributed by atoms with Gasteiger partial charge in [-0.3, -0.25) is 14.3 Å². The number of aromatic nitrogens is 2. The summed E-state index contributed by atoms with van der Waals surface area (Å²) in [5, 5.41) is 9.44. The maximum Gasteiger partial charge on any atom is 0.330 e. The Hall–Kier alpha value is -3.83. The molecule has 0 aliphatic heterocycles. The van der Waals surface area contributed by atoms with Gasteiger partial charge in [-0.05, 0) is 23.6 Å². The Morgan fingerprint density at radius 1 is 1.13 bits per heavy atom. The molecular weight excluding hydrogens is 394 g/mol. The Balaban J connectivity index is 2.05. The van der Waals surface area contributed by atoms with Crippen molar-refractivity contribution in [3.8, 4) is 6.07 Å². The number of aromatic amines is 1. The van der Waals surface area contributed by atoms with Gasteiger partial charge in [0, 0.05) is 26.8 Å². The largest absolute Gasteiger partial charge is 0.385 e. The highest BCUT2D eigenvalue weighted by atomic mass is 16.5. The number of anilines is 2. The molecule has 0 atom stereocenters. The van der Waals surface area contributed by atoms with Gasteiger partial charge in [0.05, 0.1) is 18.2 Å². The Labute approximate surface area is 180 Å². The molecule has 2 aromatic carbocycles. The van der Waals surface area contributed by atoms with Crippen molar-refractivity contribution in [1.82, 2.24) is 9.55 Å². The van der Waals surface area contributed by atoms with Crippen molar-refractivity contribution in [2.75, 3.05) is 30.9 Å². The van der Waals surface area contributed by atoms with Gasteiger partial charge in [0.15, 0.2) is 0 Å². The number of nitrogen functional groups attached to an aromatic ring is 1. The molecule has 8 nitrogen and oxygen atoms in total. The lowest BCUT2D eigenvalue weighted by Gasteiger charge is -2.26. The van der Waals surface area contributed by atoms with Crippen LogP contribution < -0.4 is 21.9 Å². The first-order valence-electron chi connectivity index (χ1n) is 9.93. The van der Waals surface area contributed by atoms with Crippen LogP contribution in [0.3, 0.4) is 0 Å². The molecule has 31 heavy (non-hydrogen) atoms. The van der Waals surface area contributed by atoms with E-state index in [0.717, 1.165) is 11.1 Å². The van der Waals surface area contributed by atoms with Crippen molar-refractivity contribution in [3.05, 3.63) is 92.1 Å². The fraction of sp³-hybridized carbons (Fsp3) is 0.261. The molecule has 0 fully saturated rings. The smallest absolute Gasteiger partial charge is 0.330 e. The summed E-state index contributed by atoms with van der Waals surface area (Å²) in [4.78, 5) is 29.5. The molecule has 3 rings (SSSR count). The van der Waals surface area contributed by atoms with E-state index in [0.29, 0.717) is 31.7 Å². The number of nitrogens with two attached hydrogens (primary N) is 1. The minimum Gasteiger partial charge on any atom is -0.385 e. The zero-order valence-corrected chi connectivity index (χ0v) is 17.4. The fourth-order valence-electron chi connectivity index (χ4n) is 3.45. The summed E-state index contributed by atoms with van der Waals surface area (Å²) in [6.45, 7) is 1.49. The molecule has 0 aliphatic carbocycles. The average molecular weight is 419 g/mol. The topological polar surface area (TPSA) is 117 Å². The number of nitriles is 1. The predicted molar refractivity (Wildman–Crippen MR) is 120 cm³/mol. The molecule has 0 unspecified atom stereocenters. The van der Waals surface area contributed by atoms with Crippen LogP contribution >= 0.6 is 0 Å². The van der Waals surface area contributed by atoms with E-state index in [1.54, 1.807) is 24.1 Å². The Morgan fingerprint density at radius 3 is 2.55 bits per heavy atom. The van der Waals surface area contributed by atoms with E-state index in [2.05, 4.69) is 11.1 Å². The Morgan fingerprint density at radius 2 is 1.84 bits per heavy atom. The number of rotatable bonds is 9. The summed E-state index contributed by atoms with van der Waals surface area (Å²) in [7, 11) is 1.61. The maximum atomic E-state index is 12.8. The van der Waals surface area contributed by atoms with Gasteiger partial charge in [-0.2, -0.15) is 5.26 Å². The predicted octanol–water partition coefficient (Wildman–Crippen LogP) is 2.08. The SMILES string of the molecule is COCCCN(Cc1ccccc1C#N)c1c(N)n(Cc2ccccc2)c(=O)[nH]c1=O. The van der Waals surface area contributed by atoms with Crippen LogP contribution in [0.25, 0.3) is 0 Å². The van der Waals surface area contributed by atoms with Crippen LogP contribution in [0.15, 0.2) is 64.2 Å². The second kappa shape index (κ2) is 10.3. The van der Waals surface area contributed by atoms with Crippen LogP contribution in [0.4, 0.5) is 11.5 Å². The number of nitrogens with one attached hydrogen (secondary N) is 1. The standard InChI is InChI=1S/C23H25N5O3/c1-31-13-7-12-27(16-19-11-6-5-10-18(19)14-24)20-21(25)28(23(30)26-22(20)29)15-17-8-3-2-4-9-17/h2-6,8-11H,7,12-13,15-16,25H2,1H3,(H,26,29,30). The Kier molecular flexibility index (Phi) is 7.25. The van der Waals surface area contributed by atoms with Crippen LogP contribution in [-0.4, -0.2) is 29.8 Å². The molecule has 0 bridgehead atoms. The van der Waals surface area contributed by atoms with Crippen molar-refractivity contribution >= 4 is 11.5 Å². The molecule has 160 valence electrons. The van der Waals surface area contributed by atoms with E-state index in [1.165, 1.54) is 4.57 Å². The fourth-order valence-corrected chi connectivity index (χ4v) is 3.45. The average Bonchev–Trinajstić information content (AvgIpc) is 2.77. The molecule has 1 aromatic heterocycles. The second-order valence-electron chi connectivity index (χ2n) is 7.10. The zero-order valence-electron chi connectivity index (χ0n) is 17.4. The number of ether oxygens (including phenoxy) is 1. The summed E-state index contributed by atoms with van der Waals surface area (Å²) >= 11 is 0. The first kappa shape index (κ1) is 21.9. The van der Waals surface area contributed by atoms with Gasteiger partial charge in [-0.15, -0.1) is 0 Å². The molecule has 3 aromatic rings. The monoisotopic (exact) mass is 419 g/mol. The van der Waals surface area contributed by atoms with Crippen LogP contribution in [-0.2, 0) is 17.8 Å². The first-order chi connectivity index (χ1) is 15.0. The van der Waals surface area contributed by atoms with Gasteiger partial charge >= 0.3 is 5.69 Å². The van der Waals surface area contributed by atoms with Crippen molar-refractivity contribution < 1.29 is 4.74 Å². The maximum absolute atomic E-state index is 12.8. The highest BCUT2D eigenvalue weighted by Crippen LogP contribution is 2.21. The lowest BCUT2D eigenvalue weighted by atomic mass is 10.1. The zero-order chi connectivity index (χ0) is 22.2. The van der Waals surface area contributed by atoms with Gasteiger partial charge < -0.3 is 15.4 Å². The third-order valence-electron chi connectivity index (χ3n) is 4.99.